The standard InChI is InChI=1S/C16H14BrNO3/c1-20-15-5-2-11-9-18(10-12(11)8-15)16(19)21-14-6-3-13(17)4-7-14/h2-8H,9-10H2,1H3. The Morgan fingerprint density at radius 1 is 1.05 bits per heavy atom. The van der Waals surface area contributed by atoms with E-state index in [0.29, 0.717) is 18.8 Å². The number of nitrogens with zero attached hydrogens (tertiary/aromatic N) is 1. The topological polar surface area (TPSA) is 38.8 Å². The number of carbonyl (C=O) groups excluding carboxylic acids is 1. The van der Waals surface area contributed by atoms with Crippen LogP contribution in [0.15, 0.2) is 46.9 Å². The lowest BCUT2D eigenvalue weighted by atomic mass is 10.1. The van der Waals surface area contributed by atoms with Crippen molar-refractivity contribution in [2.75, 3.05) is 7.11 Å². The van der Waals surface area contributed by atoms with Gasteiger partial charge in [-0.05, 0) is 47.5 Å². The molecule has 4 nitrogen and oxygen atoms in total. The highest BCUT2D eigenvalue weighted by Crippen LogP contribution is 2.27. The molecule has 0 fully saturated rings. The van der Waals surface area contributed by atoms with Gasteiger partial charge in [0.2, 0.25) is 0 Å². The molecule has 0 aromatic heterocycles. The highest BCUT2D eigenvalue weighted by Gasteiger charge is 2.25. The molecule has 0 N–H and O–H groups in total. The van der Waals surface area contributed by atoms with Crippen LogP contribution in [0.2, 0.25) is 0 Å². The Hall–Kier alpha value is -2.01. The summed E-state index contributed by atoms with van der Waals surface area (Å²) in [6.45, 7) is 1.11. The maximum absolute atomic E-state index is 12.2. The second-order valence-electron chi connectivity index (χ2n) is 4.81. The zero-order valence-electron chi connectivity index (χ0n) is 11.5. The summed E-state index contributed by atoms with van der Waals surface area (Å²) in [7, 11) is 1.64. The van der Waals surface area contributed by atoms with Crippen LogP contribution >= 0.6 is 15.9 Å². The molecule has 2 aromatic rings. The Morgan fingerprint density at radius 3 is 2.43 bits per heavy atom. The van der Waals surface area contributed by atoms with Crippen molar-refractivity contribution in [3.8, 4) is 11.5 Å². The summed E-state index contributed by atoms with van der Waals surface area (Å²) in [4.78, 5) is 13.9. The van der Waals surface area contributed by atoms with Crippen molar-refractivity contribution < 1.29 is 14.3 Å². The first-order chi connectivity index (χ1) is 10.2. The summed E-state index contributed by atoms with van der Waals surface area (Å²) in [5.41, 5.74) is 2.23. The molecular weight excluding hydrogens is 334 g/mol. The number of fused-ring (bicyclic) bond motifs is 1. The number of hydrogen-bond donors (Lipinski definition) is 0. The van der Waals surface area contributed by atoms with Gasteiger partial charge >= 0.3 is 6.09 Å². The van der Waals surface area contributed by atoms with E-state index >= 15 is 0 Å². The summed E-state index contributed by atoms with van der Waals surface area (Å²) in [6, 6.07) is 13.0. The summed E-state index contributed by atoms with van der Waals surface area (Å²) in [5.74, 6) is 1.34. The SMILES string of the molecule is COc1ccc2c(c1)CN(C(=O)Oc1ccc(Br)cc1)C2. The first-order valence-corrected chi connectivity index (χ1v) is 7.33. The number of ether oxygens (including phenoxy) is 2. The van der Waals surface area contributed by atoms with E-state index in [0.717, 1.165) is 21.3 Å². The molecule has 1 heterocycles. The molecule has 108 valence electrons. The lowest BCUT2D eigenvalue weighted by molar-refractivity contribution is 0.152. The van der Waals surface area contributed by atoms with Gasteiger partial charge in [0, 0.05) is 17.6 Å². The van der Waals surface area contributed by atoms with E-state index in [1.165, 1.54) is 0 Å². The van der Waals surface area contributed by atoms with Crippen molar-refractivity contribution in [3.05, 3.63) is 58.1 Å². The molecule has 2 aromatic carbocycles. The van der Waals surface area contributed by atoms with Crippen LogP contribution in [0, 0.1) is 0 Å². The second-order valence-corrected chi connectivity index (χ2v) is 5.73. The van der Waals surface area contributed by atoms with Crippen LogP contribution < -0.4 is 9.47 Å². The molecule has 0 spiro atoms. The summed E-state index contributed by atoms with van der Waals surface area (Å²) >= 11 is 3.35. The Kier molecular flexibility index (Phi) is 3.84. The number of rotatable bonds is 2. The van der Waals surface area contributed by atoms with Gasteiger partial charge in [0.15, 0.2) is 0 Å². The van der Waals surface area contributed by atoms with Crippen LogP contribution in [-0.4, -0.2) is 18.1 Å². The molecule has 1 amide bonds. The Morgan fingerprint density at radius 2 is 1.71 bits per heavy atom. The van der Waals surface area contributed by atoms with Crippen molar-refractivity contribution in [2.24, 2.45) is 0 Å². The fraction of sp³-hybridized carbons (Fsp3) is 0.188. The molecular formula is C16H14BrNO3. The monoisotopic (exact) mass is 347 g/mol. The summed E-state index contributed by atoms with van der Waals surface area (Å²) < 4.78 is 11.5. The van der Waals surface area contributed by atoms with Crippen LogP contribution in [0.3, 0.4) is 0 Å². The van der Waals surface area contributed by atoms with Crippen molar-refractivity contribution >= 4 is 22.0 Å². The van der Waals surface area contributed by atoms with E-state index in [1.54, 1.807) is 24.1 Å². The first-order valence-electron chi connectivity index (χ1n) is 6.54. The molecule has 0 aliphatic carbocycles. The lowest BCUT2D eigenvalue weighted by Crippen LogP contribution is -2.28. The van der Waals surface area contributed by atoms with Gasteiger partial charge in [-0.2, -0.15) is 0 Å². The van der Waals surface area contributed by atoms with E-state index in [-0.39, 0.29) is 6.09 Å². The van der Waals surface area contributed by atoms with Gasteiger partial charge in [-0.15, -0.1) is 0 Å². The van der Waals surface area contributed by atoms with Crippen molar-refractivity contribution in [1.29, 1.82) is 0 Å². The predicted molar refractivity (Wildman–Crippen MR) is 82.4 cm³/mol. The van der Waals surface area contributed by atoms with E-state index in [2.05, 4.69) is 15.9 Å². The van der Waals surface area contributed by atoms with E-state index in [9.17, 15) is 4.79 Å². The minimum Gasteiger partial charge on any atom is -0.497 e. The number of amides is 1. The fourth-order valence-corrected chi connectivity index (χ4v) is 2.56. The average molecular weight is 348 g/mol. The van der Waals surface area contributed by atoms with Crippen LogP contribution in [0.1, 0.15) is 11.1 Å². The maximum Gasteiger partial charge on any atom is 0.415 e. The van der Waals surface area contributed by atoms with Crippen molar-refractivity contribution in [1.82, 2.24) is 4.90 Å². The molecule has 1 aliphatic rings. The van der Waals surface area contributed by atoms with Gasteiger partial charge in [-0.1, -0.05) is 22.0 Å². The first kappa shape index (κ1) is 13.9. The number of benzene rings is 2. The predicted octanol–water partition coefficient (Wildman–Crippen LogP) is 3.97. The van der Waals surface area contributed by atoms with Gasteiger partial charge in [0.1, 0.15) is 11.5 Å². The molecule has 0 saturated carbocycles. The van der Waals surface area contributed by atoms with E-state index in [1.807, 2.05) is 30.3 Å². The van der Waals surface area contributed by atoms with Crippen molar-refractivity contribution in [3.63, 3.8) is 0 Å². The highest BCUT2D eigenvalue weighted by atomic mass is 79.9. The maximum atomic E-state index is 12.2. The molecule has 5 heteroatoms. The van der Waals surface area contributed by atoms with E-state index < -0.39 is 0 Å². The average Bonchev–Trinajstić information content (AvgIpc) is 2.92. The number of carbonyl (C=O) groups is 1. The third kappa shape index (κ3) is 3.03. The molecule has 21 heavy (non-hydrogen) atoms. The normalized spacial score (nSPS) is 13.0. The van der Waals surface area contributed by atoms with E-state index in [4.69, 9.17) is 9.47 Å². The van der Waals surface area contributed by atoms with Gasteiger partial charge in [-0.25, -0.2) is 4.79 Å². The molecule has 0 radical (unpaired) electrons. The Labute approximate surface area is 131 Å². The molecule has 0 unspecified atom stereocenters. The minimum absolute atomic E-state index is 0.340. The lowest BCUT2D eigenvalue weighted by Gasteiger charge is -2.15. The largest absolute Gasteiger partial charge is 0.497 e. The number of hydrogen-bond acceptors (Lipinski definition) is 3. The fourth-order valence-electron chi connectivity index (χ4n) is 2.29. The van der Waals surface area contributed by atoms with Crippen LogP contribution in [0.4, 0.5) is 4.79 Å². The smallest absolute Gasteiger partial charge is 0.415 e. The molecule has 0 saturated heterocycles. The third-order valence-corrected chi connectivity index (χ3v) is 3.94. The summed E-state index contributed by atoms with van der Waals surface area (Å²) in [5, 5.41) is 0. The van der Waals surface area contributed by atoms with Gasteiger partial charge in [-0.3, -0.25) is 4.90 Å². The number of methoxy groups -OCH3 is 1. The van der Waals surface area contributed by atoms with Gasteiger partial charge in [0.25, 0.3) is 0 Å². The third-order valence-electron chi connectivity index (χ3n) is 3.41. The summed E-state index contributed by atoms with van der Waals surface area (Å²) in [6.07, 6.45) is -0.340. The molecule has 0 atom stereocenters. The Balaban J connectivity index is 1.69. The van der Waals surface area contributed by atoms with Gasteiger partial charge in [0.05, 0.1) is 7.11 Å². The van der Waals surface area contributed by atoms with Crippen LogP contribution in [0.25, 0.3) is 0 Å². The van der Waals surface area contributed by atoms with Crippen LogP contribution in [-0.2, 0) is 13.1 Å². The molecule has 3 rings (SSSR count). The Bertz CT molecular complexity index is 670. The second kappa shape index (κ2) is 5.77. The number of halogens is 1. The zero-order chi connectivity index (χ0) is 14.8. The molecule has 0 bridgehead atoms. The zero-order valence-corrected chi connectivity index (χ0v) is 13.1. The van der Waals surface area contributed by atoms with Crippen molar-refractivity contribution in [2.45, 2.75) is 13.1 Å². The highest BCUT2D eigenvalue weighted by molar-refractivity contribution is 9.10. The van der Waals surface area contributed by atoms with Gasteiger partial charge < -0.3 is 9.47 Å². The quantitative estimate of drug-likeness (QED) is 0.824. The minimum atomic E-state index is -0.340. The van der Waals surface area contributed by atoms with Crippen LogP contribution in [0.5, 0.6) is 11.5 Å². The molecule has 1 aliphatic heterocycles.